The largest absolute Gasteiger partial charge is 0.496 e. The fourth-order valence-electron chi connectivity index (χ4n) is 8.03. The number of methoxy groups -OCH3 is 1. The van der Waals surface area contributed by atoms with E-state index in [2.05, 4.69) is 17.9 Å². The van der Waals surface area contributed by atoms with Gasteiger partial charge in [-0.2, -0.15) is 18.4 Å². The fraction of sp³-hybridized carbons (Fsp3) is 0.364. The molecule has 1 aromatic heterocycles. The van der Waals surface area contributed by atoms with Crippen molar-refractivity contribution in [3.8, 4) is 34.4 Å². The summed E-state index contributed by atoms with van der Waals surface area (Å²) in [5.41, 5.74) is 7.60. The van der Waals surface area contributed by atoms with Gasteiger partial charge in [0.1, 0.15) is 17.3 Å². The number of nitrogens with zero attached hydrogens (tertiary/aromatic N) is 4. The van der Waals surface area contributed by atoms with Gasteiger partial charge in [0.2, 0.25) is 5.89 Å². The summed E-state index contributed by atoms with van der Waals surface area (Å²) in [5.74, 6) is 1.51. The number of oxazole rings is 1. The monoisotopic (exact) mass is 734 g/mol. The number of fused-ring (bicyclic) bond motifs is 1. The highest BCUT2D eigenvalue weighted by Crippen LogP contribution is 2.39. The van der Waals surface area contributed by atoms with Crippen molar-refractivity contribution in [1.82, 2.24) is 14.8 Å². The van der Waals surface area contributed by atoms with Crippen LogP contribution in [-0.2, 0) is 19.3 Å². The first kappa shape index (κ1) is 37.4. The molecule has 54 heavy (non-hydrogen) atoms. The normalized spacial score (nSPS) is 18.3. The zero-order chi connectivity index (χ0) is 38.1. The molecule has 0 amide bonds. The Labute approximate surface area is 314 Å². The Kier molecular flexibility index (Phi) is 10.7. The summed E-state index contributed by atoms with van der Waals surface area (Å²) in [4.78, 5) is 9.24. The van der Waals surface area contributed by atoms with Crippen molar-refractivity contribution < 1.29 is 27.4 Å². The van der Waals surface area contributed by atoms with Crippen molar-refractivity contribution >= 4 is 23.3 Å². The summed E-state index contributed by atoms with van der Waals surface area (Å²) in [5, 5.41) is 20.0. The van der Waals surface area contributed by atoms with E-state index in [0.717, 1.165) is 58.6 Å². The van der Waals surface area contributed by atoms with E-state index < -0.39 is 17.8 Å². The van der Waals surface area contributed by atoms with Gasteiger partial charge in [0.25, 0.3) is 0 Å². The zero-order valence-corrected chi connectivity index (χ0v) is 31.1. The Balaban J connectivity index is 1.19. The number of rotatable bonds is 10. The molecule has 2 fully saturated rings. The van der Waals surface area contributed by atoms with Gasteiger partial charge in [-0.3, -0.25) is 9.80 Å². The van der Waals surface area contributed by atoms with Crippen molar-refractivity contribution in [2.24, 2.45) is 5.92 Å². The van der Waals surface area contributed by atoms with E-state index >= 15 is 0 Å². The number of aromatic nitrogens is 1. The lowest BCUT2D eigenvalue weighted by atomic mass is 9.91. The number of nitriles is 1. The fourth-order valence-corrected chi connectivity index (χ4v) is 8.03. The van der Waals surface area contributed by atoms with E-state index in [0.29, 0.717) is 59.3 Å². The minimum Gasteiger partial charge on any atom is -0.496 e. The first-order chi connectivity index (χ1) is 25.9. The molecule has 1 N–H and O–H groups in total. The van der Waals surface area contributed by atoms with Gasteiger partial charge in [0.15, 0.2) is 5.58 Å². The number of hydrogen-bond acceptors (Lipinski definition) is 7. The summed E-state index contributed by atoms with van der Waals surface area (Å²) < 4.78 is 55.1. The molecule has 0 aliphatic carbocycles. The van der Waals surface area contributed by atoms with Crippen LogP contribution in [0.1, 0.15) is 70.7 Å². The van der Waals surface area contributed by atoms with Crippen LogP contribution < -0.4 is 4.74 Å². The lowest BCUT2D eigenvalue weighted by molar-refractivity contribution is -0.137. The van der Waals surface area contributed by atoms with Crippen LogP contribution >= 0.6 is 0 Å². The van der Waals surface area contributed by atoms with Gasteiger partial charge in [0, 0.05) is 43.9 Å². The van der Waals surface area contributed by atoms with Gasteiger partial charge in [-0.1, -0.05) is 55.8 Å². The molecule has 7 rings (SSSR count). The molecule has 0 radical (unpaired) electrons. The van der Waals surface area contributed by atoms with Crippen LogP contribution in [0.5, 0.6) is 5.75 Å². The predicted molar refractivity (Wildman–Crippen MR) is 206 cm³/mol. The Bertz CT molecular complexity index is 2250. The van der Waals surface area contributed by atoms with Gasteiger partial charge in [0.05, 0.1) is 24.3 Å². The third-order valence-electron chi connectivity index (χ3n) is 11.1. The van der Waals surface area contributed by atoms with Crippen LogP contribution in [0.2, 0.25) is 0 Å². The van der Waals surface area contributed by atoms with Crippen LogP contribution in [0.25, 0.3) is 45.8 Å². The molecular formula is C44H45F3N4O3. The first-order valence-electron chi connectivity index (χ1n) is 18.6. The number of benzene rings is 4. The van der Waals surface area contributed by atoms with E-state index in [1.54, 1.807) is 6.08 Å². The number of aliphatic hydroxyl groups is 1. The lowest BCUT2D eigenvalue weighted by Gasteiger charge is -2.20. The summed E-state index contributed by atoms with van der Waals surface area (Å²) in [6.45, 7) is 10.4. The second-order valence-electron chi connectivity index (χ2n) is 14.7. The second-order valence-corrected chi connectivity index (χ2v) is 14.7. The van der Waals surface area contributed by atoms with E-state index in [-0.39, 0.29) is 12.1 Å². The van der Waals surface area contributed by atoms with Gasteiger partial charge in [-0.05, 0) is 108 Å². The topological polar surface area (TPSA) is 85.8 Å². The summed E-state index contributed by atoms with van der Waals surface area (Å²) >= 11 is 0. The van der Waals surface area contributed by atoms with Crippen molar-refractivity contribution in [2.75, 3.05) is 33.3 Å². The molecule has 2 aliphatic heterocycles. The SMILES string of the molecule is CC[C@@H]1CCN(Cc2cc(C#N)c3oc(-c4cccc(-c5cccc(/C=C/c6cc(OC)c(CN7CC[C@@H](O)C7)cc6C(F)(F)F)c5C)c4C)nc3c2)C1. The highest BCUT2D eigenvalue weighted by atomic mass is 19.4. The molecular weight excluding hydrogens is 690 g/mol. The molecule has 5 aromatic rings. The van der Waals surface area contributed by atoms with Gasteiger partial charge >= 0.3 is 6.18 Å². The van der Waals surface area contributed by atoms with Crippen LogP contribution in [0.3, 0.4) is 0 Å². The number of ether oxygens (including phenoxy) is 1. The number of hydrogen-bond donors (Lipinski definition) is 1. The number of alkyl halides is 3. The van der Waals surface area contributed by atoms with Crippen molar-refractivity contribution in [2.45, 2.75) is 65.4 Å². The third-order valence-corrected chi connectivity index (χ3v) is 11.1. The molecule has 280 valence electrons. The summed E-state index contributed by atoms with van der Waals surface area (Å²) in [6, 6.07) is 20.5. The number of likely N-dealkylation sites (tertiary alicyclic amines) is 2. The van der Waals surface area contributed by atoms with Crippen LogP contribution in [-0.4, -0.2) is 59.3 Å². The predicted octanol–water partition coefficient (Wildman–Crippen LogP) is 9.65. The zero-order valence-electron chi connectivity index (χ0n) is 31.1. The number of β-amino-alcohol motifs (C(OH)–C–C–N with tert-alkyl or cyclic N) is 1. The molecule has 0 saturated carbocycles. The maximum absolute atomic E-state index is 14.4. The highest BCUT2D eigenvalue weighted by molar-refractivity contribution is 5.85. The van der Waals surface area contributed by atoms with E-state index in [4.69, 9.17) is 14.1 Å². The Morgan fingerprint density at radius 3 is 2.31 bits per heavy atom. The van der Waals surface area contributed by atoms with Gasteiger partial charge in [-0.15, -0.1) is 0 Å². The Morgan fingerprint density at radius 2 is 1.63 bits per heavy atom. The summed E-state index contributed by atoms with van der Waals surface area (Å²) in [7, 11) is 1.46. The second kappa shape index (κ2) is 15.4. The van der Waals surface area contributed by atoms with Gasteiger partial charge < -0.3 is 14.3 Å². The summed E-state index contributed by atoms with van der Waals surface area (Å²) in [6.07, 6.45) is 1.12. The smallest absolute Gasteiger partial charge is 0.417 e. The minimum absolute atomic E-state index is 0.00831. The van der Waals surface area contributed by atoms with Gasteiger partial charge in [-0.25, -0.2) is 4.98 Å². The molecule has 10 heteroatoms. The Morgan fingerprint density at radius 1 is 0.926 bits per heavy atom. The molecule has 2 aliphatic rings. The molecule has 0 spiro atoms. The first-order valence-corrected chi connectivity index (χ1v) is 18.6. The average molecular weight is 735 g/mol. The van der Waals surface area contributed by atoms with Crippen LogP contribution in [0.15, 0.2) is 65.1 Å². The standard InChI is InChI=1S/C44H45F3N4O3/c1-5-29-14-16-50(23-29)24-30-18-33(22-48)42-40(19-30)49-43(54-42)38-11-7-10-37(28(38)3)36-9-6-8-31(27(36)2)12-13-32-21-41(53-4)34(20-39(32)44(45,46)47)25-51-17-15-35(52)26-51/h6-13,18-21,29,35,52H,5,14-17,23-26H2,1-4H3/b13-12+/t29-,35-/m1/s1. The lowest BCUT2D eigenvalue weighted by Crippen LogP contribution is -2.22. The minimum atomic E-state index is -4.58. The van der Waals surface area contributed by atoms with Crippen molar-refractivity contribution in [3.05, 3.63) is 105 Å². The highest BCUT2D eigenvalue weighted by Gasteiger charge is 2.34. The molecule has 0 unspecified atom stereocenters. The molecule has 3 heterocycles. The average Bonchev–Trinajstić information content (AvgIpc) is 3.90. The Hall–Kier alpha value is -4.95. The maximum Gasteiger partial charge on any atom is 0.417 e. The van der Waals surface area contributed by atoms with E-state index in [9.17, 15) is 23.5 Å². The van der Waals surface area contributed by atoms with Crippen molar-refractivity contribution in [3.63, 3.8) is 0 Å². The molecule has 0 bridgehead atoms. The van der Waals surface area contributed by atoms with Crippen LogP contribution in [0.4, 0.5) is 13.2 Å². The molecule has 2 saturated heterocycles. The molecule has 7 nitrogen and oxygen atoms in total. The van der Waals surface area contributed by atoms with Crippen LogP contribution in [0, 0.1) is 31.1 Å². The third kappa shape index (κ3) is 7.67. The van der Waals surface area contributed by atoms with E-state index in [1.165, 1.54) is 38.2 Å². The van der Waals surface area contributed by atoms with Crippen molar-refractivity contribution in [1.29, 1.82) is 5.26 Å². The molecule has 2 atom stereocenters. The maximum atomic E-state index is 14.4. The van der Waals surface area contributed by atoms with E-state index in [1.807, 2.05) is 67.3 Å². The number of halogens is 3. The number of aliphatic hydroxyl groups excluding tert-OH is 1. The molecule has 4 aromatic carbocycles. The quantitative estimate of drug-likeness (QED) is 0.143.